The minimum atomic E-state index is -1.58. The zero-order valence-corrected chi connectivity index (χ0v) is 14.2. The van der Waals surface area contributed by atoms with Gasteiger partial charge in [-0.05, 0) is 25.8 Å². The van der Waals surface area contributed by atoms with E-state index in [4.69, 9.17) is 0 Å². The van der Waals surface area contributed by atoms with Crippen molar-refractivity contribution in [2.75, 3.05) is 13.1 Å². The normalized spacial score (nSPS) is 18.8. The Kier molecular flexibility index (Phi) is 6.26. The smallest absolute Gasteiger partial charge is 0.137 e. The molecule has 1 N–H and O–H groups in total. The van der Waals surface area contributed by atoms with Crippen molar-refractivity contribution < 1.29 is 13.9 Å². The van der Waals surface area contributed by atoms with E-state index in [1.54, 1.807) is 0 Å². The molecule has 1 fully saturated rings. The van der Waals surface area contributed by atoms with Gasteiger partial charge >= 0.3 is 0 Å². The molecular weight excluding hydrogens is 338 g/mol. The van der Waals surface area contributed by atoms with E-state index in [2.05, 4.69) is 21.6 Å². The minimum absolute atomic E-state index is 0. The van der Waals surface area contributed by atoms with E-state index in [0.29, 0.717) is 0 Å². The van der Waals surface area contributed by atoms with Crippen LogP contribution >= 0.6 is 0 Å². The van der Waals surface area contributed by atoms with Gasteiger partial charge in [-0.2, -0.15) is 5.10 Å². The maximum atomic E-state index is 14.5. The van der Waals surface area contributed by atoms with Crippen molar-refractivity contribution in [1.29, 1.82) is 0 Å². The highest BCUT2D eigenvalue weighted by atomic mass is 19.1. The summed E-state index contributed by atoms with van der Waals surface area (Å²) in [7, 11) is 0. The molecule has 2 aromatic rings. The summed E-state index contributed by atoms with van der Waals surface area (Å²) >= 11 is 0. The number of hydrogen-bond donors (Lipinski definition) is 1. The van der Waals surface area contributed by atoms with Crippen LogP contribution < -0.4 is 0 Å². The fourth-order valence-corrected chi connectivity index (χ4v) is 3.37. The first-order valence-electron chi connectivity index (χ1n) is 8.31. The second-order valence-electron chi connectivity index (χ2n) is 6.60. The van der Waals surface area contributed by atoms with Crippen LogP contribution in [0.25, 0.3) is 0 Å². The topological polar surface area (TPSA) is 54.2 Å². The molecule has 5 nitrogen and oxygen atoms in total. The lowest BCUT2D eigenvalue weighted by Crippen LogP contribution is -2.53. The van der Waals surface area contributed by atoms with Crippen molar-refractivity contribution in [2.45, 2.75) is 45.4 Å². The predicted octanol–water partition coefficient (Wildman–Crippen LogP) is 3.12. The molecule has 142 valence electrons. The number of hydrogen-bond acceptors (Lipinski definition) is 4. The molecule has 0 spiro atoms. The Morgan fingerprint density at radius 2 is 2.00 bits per heavy atom. The van der Waals surface area contributed by atoms with Crippen LogP contribution in [0.3, 0.4) is 0 Å². The summed E-state index contributed by atoms with van der Waals surface area (Å²) in [6.07, 6.45) is 4.51. The first-order chi connectivity index (χ1) is 11.9. The third kappa shape index (κ3) is 3.99. The van der Waals surface area contributed by atoms with Crippen LogP contribution in [0.4, 0.5) is 8.78 Å². The Morgan fingerprint density at radius 1 is 1.31 bits per heavy atom. The van der Waals surface area contributed by atoms with E-state index in [1.165, 1.54) is 29.0 Å². The van der Waals surface area contributed by atoms with E-state index in [1.807, 2.05) is 6.92 Å². The number of benzene rings is 1. The van der Waals surface area contributed by atoms with Gasteiger partial charge in [-0.25, -0.2) is 18.4 Å². The maximum Gasteiger partial charge on any atom is 0.137 e. The summed E-state index contributed by atoms with van der Waals surface area (Å²) in [5, 5.41) is 15.5. The van der Waals surface area contributed by atoms with Gasteiger partial charge in [-0.15, -0.1) is 0 Å². The van der Waals surface area contributed by atoms with Crippen molar-refractivity contribution in [3.8, 4) is 0 Å². The van der Waals surface area contributed by atoms with Crippen LogP contribution in [0.1, 0.15) is 32.8 Å². The molecule has 2 heterocycles. The van der Waals surface area contributed by atoms with Crippen molar-refractivity contribution in [2.24, 2.45) is 0 Å². The Bertz CT molecular complexity index is 740. The summed E-state index contributed by atoms with van der Waals surface area (Å²) in [4.78, 5) is 5.99. The number of aromatic nitrogens is 3. The molecular formula is C19H26F2N4O. The van der Waals surface area contributed by atoms with E-state index >= 15 is 0 Å². The molecule has 1 aliphatic heterocycles. The lowest BCUT2D eigenvalue weighted by molar-refractivity contribution is -0.0657. The van der Waals surface area contributed by atoms with Gasteiger partial charge in [0.2, 0.25) is 0 Å². The minimum Gasteiger partial charge on any atom is -0.381 e. The lowest BCUT2D eigenvalue weighted by Gasteiger charge is -2.43. The van der Waals surface area contributed by atoms with Crippen LogP contribution in [-0.2, 0) is 12.1 Å². The van der Waals surface area contributed by atoms with Gasteiger partial charge in [-0.1, -0.05) is 25.6 Å². The molecule has 26 heavy (non-hydrogen) atoms. The highest BCUT2D eigenvalue weighted by Gasteiger charge is 2.42. The fraction of sp³-hybridized carbons (Fsp3) is 0.474. The number of nitrogens with zero attached hydrogens (tertiary/aromatic N) is 4. The summed E-state index contributed by atoms with van der Waals surface area (Å²) < 4.78 is 29.3. The molecule has 2 atom stereocenters. The lowest BCUT2D eigenvalue weighted by atomic mass is 9.84. The largest absolute Gasteiger partial charge is 0.381 e. The van der Waals surface area contributed by atoms with Crippen LogP contribution in [0.2, 0.25) is 0 Å². The molecule has 1 aliphatic rings. The SMILES string of the molecule is C.C=C1CCN([C@H](C)[C@](O)(Cn2cncn2)c2ccc(F)cc2F)CC1. The molecule has 0 aliphatic carbocycles. The quantitative estimate of drug-likeness (QED) is 0.829. The summed E-state index contributed by atoms with van der Waals surface area (Å²) in [5.74, 6) is -1.44. The zero-order chi connectivity index (χ0) is 18.0. The molecule has 3 rings (SSSR count). The molecule has 0 amide bonds. The van der Waals surface area contributed by atoms with Crippen LogP contribution in [-0.4, -0.2) is 43.9 Å². The van der Waals surface area contributed by atoms with E-state index in [0.717, 1.165) is 38.1 Å². The Hall–Kier alpha value is -2.12. The van der Waals surface area contributed by atoms with Gasteiger partial charge in [0.05, 0.1) is 6.54 Å². The molecule has 1 aromatic carbocycles. The average molecular weight is 364 g/mol. The van der Waals surface area contributed by atoms with Crippen LogP contribution in [0.5, 0.6) is 0 Å². The highest BCUT2D eigenvalue weighted by Crippen LogP contribution is 2.34. The van der Waals surface area contributed by atoms with Crippen molar-refractivity contribution in [3.05, 3.63) is 60.2 Å². The van der Waals surface area contributed by atoms with Crippen LogP contribution in [0, 0.1) is 11.6 Å². The van der Waals surface area contributed by atoms with Crippen LogP contribution in [0.15, 0.2) is 43.0 Å². The van der Waals surface area contributed by atoms with Gasteiger partial charge in [0.25, 0.3) is 0 Å². The van der Waals surface area contributed by atoms with Gasteiger partial charge in [0.1, 0.15) is 29.9 Å². The zero-order valence-electron chi connectivity index (χ0n) is 14.2. The van der Waals surface area contributed by atoms with Crippen molar-refractivity contribution in [3.63, 3.8) is 0 Å². The highest BCUT2D eigenvalue weighted by molar-refractivity contribution is 5.27. The summed E-state index contributed by atoms with van der Waals surface area (Å²) in [5.41, 5.74) is -0.345. The van der Waals surface area contributed by atoms with E-state index in [9.17, 15) is 13.9 Å². The fourth-order valence-electron chi connectivity index (χ4n) is 3.37. The van der Waals surface area contributed by atoms with E-state index in [-0.39, 0.29) is 19.5 Å². The molecule has 0 bridgehead atoms. The Morgan fingerprint density at radius 3 is 2.58 bits per heavy atom. The second kappa shape index (κ2) is 8.05. The molecule has 7 heteroatoms. The first-order valence-corrected chi connectivity index (χ1v) is 8.31. The number of aliphatic hydroxyl groups is 1. The monoisotopic (exact) mass is 364 g/mol. The van der Waals surface area contributed by atoms with Crippen molar-refractivity contribution in [1.82, 2.24) is 19.7 Å². The molecule has 0 saturated carbocycles. The summed E-state index contributed by atoms with van der Waals surface area (Å²) in [6, 6.07) is 2.87. The predicted molar refractivity (Wildman–Crippen MR) is 96.4 cm³/mol. The number of piperidine rings is 1. The standard InChI is InChI=1S/C18H22F2N4O.CH4/c1-13-5-7-23(8-6-13)14(2)18(25,10-24-12-21-11-22-24)16-4-3-15(19)9-17(16)20;/h3-4,9,11-12,14,25H,1,5-8,10H2,2H3;1H4/t14-,18-;/m1./s1. The Labute approximate surface area is 153 Å². The number of halogens is 2. The number of likely N-dealkylation sites (tertiary alicyclic amines) is 1. The molecule has 0 unspecified atom stereocenters. The van der Waals surface area contributed by atoms with Gasteiger partial charge in [0.15, 0.2) is 0 Å². The van der Waals surface area contributed by atoms with Gasteiger partial charge < -0.3 is 5.11 Å². The van der Waals surface area contributed by atoms with E-state index < -0.39 is 23.3 Å². The summed E-state index contributed by atoms with van der Waals surface area (Å²) in [6.45, 7) is 7.35. The maximum absolute atomic E-state index is 14.5. The molecule has 1 aromatic heterocycles. The molecule has 0 radical (unpaired) electrons. The third-order valence-corrected chi connectivity index (χ3v) is 5.01. The molecule has 1 saturated heterocycles. The average Bonchev–Trinajstić information content (AvgIpc) is 3.07. The van der Waals surface area contributed by atoms with Gasteiger partial charge in [0, 0.05) is 30.8 Å². The second-order valence-corrected chi connectivity index (χ2v) is 6.60. The third-order valence-electron chi connectivity index (χ3n) is 5.01. The number of rotatable bonds is 5. The van der Waals surface area contributed by atoms with Gasteiger partial charge in [-0.3, -0.25) is 4.90 Å². The van der Waals surface area contributed by atoms with Crippen molar-refractivity contribution >= 4 is 0 Å². The first kappa shape index (κ1) is 20.2. The Balaban J connectivity index is 0.00000243.